The highest BCUT2D eigenvalue weighted by Crippen LogP contribution is 2.35. The lowest BCUT2D eigenvalue weighted by Crippen LogP contribution is -2.39. The summed E-state index contributed by atoms with van der Waals surface area (Å²) in [7, 11) is 0. The van der Waals surface area contributed by atoms with Crippen molar-refractivity contribution in [1.82, 2.24) is 4.90 Å². The Balaban J connectivity index is 1.46. The quantitative estimate of drug-likeness (QED) is 0.365. The van der Waals surface area contributed by atoms with Crippen LogP contribution in [0, 0.1) is 0 Å². The number of hydrogen-bond acceptors (Lipinski definition) is 1. The standard InChI is InChI=1S/C28H27ClF3N/c1-27(2,23-11-12-25(26(29)18-23)21-7-4-3-5-8-21)19-33-15-13-20(14-16-33)22-9-6-10-24(17-22)28(30,31)32/h3-13,17-18H,14-16,19H2,1-2H3. The highest BCUT2D eigenvalue weighted by molar-refractivity contribution is 6.33. The Kier molecular flexibility index (Phi) is 6.69. The molecule has 0 fully saturated rings. The molecule has 5 heteroatoms. The number of halogens is 4. The molecule has 3 aromatic carbocycles. The molecule has 0 saturated heterocycles. The maximum Gasteiger partial charge on any atom is 0.416 e. The van der Waals surface area contributed by atoms with Gasteiger partial charge in [-0.15, -0.1) is 0 Å². The van der Waals surface area contributed by atoms with Crippen molar-refractivity contribution in [2.45, 2.75) is 31.9 Å². The molecule has 1 aliphatic heterocycles. The van der Waals surface area contributed by atoms with Gasteiger partial charge in [0.25, 0.3) is 0 Å². The van der Waals surface area contributed by atoms with Crippen molar-refractivity contribution in [3.05, 3.63) is 101 Å². The molecule has 33 heavy (non-hydrogen) atoms. The number of rotatable bonds is 5. The van der Waals surface area contributed by atoms with E-state index in [1.165, 1.54) is 17.7 Å². The van der Waals surface area contributed by atoms with E-state index in [2.05, 4.69) is 43.0 Å². The van der Waals surface area contributed by atoms with Gasteiger partial charge < -0.3 is 0 Å². The van der Waals surface area contributed by atoms with E-state index in [1.807, 2.05) is 30.3 Å². The molecule has 172 valence electrons. The van der Waals surface area contributed by atoms with Gasteiger partial charge in [0, 0.05) is 35.6 Å². The van der Waals surface area contributed by atoms with Crippen LogP contribution in [0.2, 0.25) is 5.02 Å². The third kappa shape index (κ3) is 5.51. The number of alkyl halides is 3. The minimum atomic E-state index is -4.32. The van der Waals surface area contributed by atoms with Crippen molar-refractivity contribution in [2.75, 3.05) is 19.6 Å². The molecule has 0 spiro atoms. The highest BCUT2D eigenvalue weighted by Gasteiger charge is 2.31. The van der Waals surface area contributed by atoms with E-state index < -0.39 is 11.7 Å². The summed E-state index contributed by atoms with van der Waals surface area (Å²) in [5.74, 6) is 0. The fourth-order valence-electron chi connectivity index (χ4n) is 4.45. The van der Waals surface area contributed by atoms with Crippen LogP contribution in [0.15, 0.2) is 78.9 Å². The first-order valence-corrected chi connectivity index (χ1v) is 11.5. The van der Waals surface area contributed by atoms with Crippen LogP contribution >= 0.6 is 11.6 Å². The smallest absolute Gasteiger partial charge is 0.298 e. The largest absolute Gasteiger partial charge is 0.416 e. The molecule has 0 saturated carbocycles. The van der Waals surface area contributed by atoms with Gasteiger partial charge in [-0.3, -0.25) is 4.90 Å². The molecular formula is C28H27ClF3N. The van der Waals surface area contributed by atoms with Gasteiger partial charge in [0.1, 0.15) is 0 Å². The summed E-state index contributed by atoms with van der Waals surface area (Å²) in [5.41, 5.74) is 4.19. The summed E-state index contributed by atoms with van der Waals surface area (Å²) in [5, 5.41) is 0.733. The highest BCUT2D eigenvalue weighted by atomic mass is 35.5. The van der Waals surface area contributed by atoms with Crippen molar-refractivity contribution >= 4 is 17.2 Å². The van der Waals surface area contributed by atoms with Gasteiger partial charge in [-0.05, 0) is 46.9 Å². The Morgan fingerprint density at radius 1 is 0.848 bits per heavy atom. The third-order valence-corrected chi connectivity index (χ3v) is 6.62. The van der Waals surface area contributed by atoms with Crippen LogP contribution in [-0.4, -0.2) is 24.5 Å². The topological polar surface area (TPSA) is 3.24 Å². The molecule has 1 heterocycles. The summed E-state index contributed by atoms with van der Waals surface area (Å²) < 4.78 is 39.2. The molecule has 0 N–H and O–H groups in total. The van der Waals surface area contributed by atoms with E-state index >= 15 is 0 Å². The van der Waals surface area contributed by atoms with Crippen LogP contribution in [0.4, 0.5) is 13.2 Å². The predicted octanol–water partition coefficient (Wildman–Crippen LogP) is 8.09. The predicted molar refractivity (Wildman–Crippen MR) is 130 cm³/mol. The summed E-state index contributed by atoms with van der Waals surface area (Å²) >= 11 is 6.64. The molecule has 0 aromatic heterocycles. The SMILES string of the molecule is CC(C)(CN1CC=C(c2cccc(C(F)(F)F)c2)CC1)c1ccc(-c2ccccc2)c(Cl)c1. The first-order valence-electron chi connectivity index (χ1n) is 11.1. The van der Waals surface area contributed by atoms with E-state index in [1.54, 1.807) is 6.07 Å². The lowest BCUT2D eigenvalue weighted by Gasteiger charge is -2.35. The summed E-state index contributed by atoms with van der Waals surface area (Å²) in [6, 6.07) is 22.0. The Bertz CT molecular complexity index is 1150. The molecule has 0 radical (unpaired) electrons. The minimum absolute atomic E-state index is 0.125. The van der Waals surface area contributed by atoms with E-state index in [9.17, 15) is 13.2 Å². The molecule has 3 aromatic rings. The zero-order valence-corrected chi connectivity index (χ0v) is 19.5. The molecule has 1 nitrogen and oxygen atoms in total. The van der Waals surface area contributed by atoms with Gasteiger partial charge in [0.15, 0.2) is 0 Å². The second-order valence-electron chi connectivity index (χ2n) is 9.24. The molecule has 0 bridgehead atoms. The summed E-state index contributed by atoms with van der Waals surface area (Å²) in [6.45, 7) is 6.76. The van der Waals surface area contributed by atoms with Crippen LogP contribution < -0.4 is 0 Å². The van der Waals surface area contributed by atoms with E-state index in [4.69, 9.17) is 11.6 Å². The molecule has 0 aliphatic carbocycles. The van der Waals surface area contributed by atoms with Crippen molar-refractivity contribution in [1.29, 1.82) is 0 Å². The zero-order chi connectivity index (χ0) is 23.6. The molecule has 0 atom stereocenters. The average molecular weight is 470 g/mol. The number of hydrogen-bond donors (Lipinski definition) is 0. The lowest BCUT2D eigenvalue weighted by atomic mass is 9.83. The fraction of sp³-hybridized carbons (Fsp3) is 0.286. The van der Waals surface area contributed by atoms with Crippen LogP contribution in [0.1, 0.15) is 37.0 Å². The van der Waals surface area contributed by atoms with Crippen molar-refractivity contribution in [3.8, 4) is 11.1 Å². The normalized spacial score (nSPS) is 15.4. The van der Waals surface area contributed by atoms with Gasteiger partial charge in [0.2, 0.25) is 0 Å². The number of nitrogens with zero attached hydrogens (tertiary/aromatic N) is 1. The zero-order valence-electron chi connectivity index (χ0n) is 18.8. The Morgan fingerprint density at radius 3 is 2.21 bits per heavy atom. The average Bonchev–Trinajstić information content (AvgIpc) is 2.79. The summed E-state index contributed by atoms with van der Waals surface area (Å²) in [4.78, 5) is 2.34. The van der Waals surface area contributed by atoms with E-state index in [-0.39, 0.29) is 5.41 Å². The third-order valence-electron chi connectivity index (χ3n) is 6.31. The Morgan fingerprint density at radius 2 is 1.58 bits per heavy atom. The van der Waals surface area contributed by atoms with Crippen LogP contribution in [-0.2, 0) is 11.6 Å². The minimum Gasteiger partial charge on any atom is -0.298 e. The molecular weight excluding hydrogens is 443 g/mol. The maximum absolute atomic E-state index is 13.1. The number of benzene rings is 3. The second kappa shape index (κ2) is 9.36. The van der Waals surface area contributed by atoms with Crippen LogP contribution in [0.25, 0.3) is 16.7 Å². The maximum atomic E-state index is 13.1. The molecule has 1 aliphatic rings. The molecule has 0 unspecified atom stereocenters. The lowest BCUT2D eigenvalue weighted by molar-refractivity contribution is -0.137. The van der Waals surface area contributed by atoms with Gasteiger partial charge in [-0.1, -0.05) is 86.1 Å². The molecule has 0 amide bonds. The van der Waals surface area contributed by atoms with Gasteiger partial charge in [-0.25, -0.2) is 0 Å². The Labute approximate surface area is 198 Å². The van der Waals surface area contributed by atoms with Gasteiger partial charge in [-0.2, -0.15) is 13.2 Å². The fourth-order valence-corrected chi connectivity index (χ4v) is 4.74. The Hall–Kier alpha value is -2.56. The summed E-state index contributed by atoms with van der Waals surface area (Å²) in [6.07, 6.45) is -1.54. The second-order valence-corrected chi connectivity index (χ2v) is 9.64. The van der Waals surface area contributed by atoms with Crippen molar-refractivity contribution < 1.29 is 13.2 Å². The van der Waals surface area contributed by atoms with E-state index in [0.29, 0.717) is 12.1 Å². The van der Waals surface area contributed by atoms with Gasteiger partial charge >= 0.3 is 6.18 Å². The first-order chi connectivity index (χ1) is 15.6. The van der Waals surface area contributed by atoms with Crippen molar-refractivity contribution in [2.24, 2.45) is 0 Å². The molecule has 4 rings (SSSR count). The van der Waals surface area contributed by atoms with Gasteiger partial charge in [0.05, 0.1) is 5.56 Å². The first kappa shape index (κ1) is 23.6. The monoisotopic (exact) mass is 469 g/mol. The van der Waals surface area contributed by atoms with Crippen LogP contribution in [0.5, 0.6) is 0 Å². The van der Waals surface area contributed by atoms with Crippen molar-refractivity contribution in [3.63, 3.8) is 0 Å². The van der Waals surface area contributed by atoms with Crippen LogP contribution in [0.3, 0.4) is 0 Å². The van der Waals surface area contributed by atoms with E-state index in [0.717, 1.165) is 47.3 Å².